The summed E-state index contributed by atoms with van der Waals surface area (Å²) in [5.41, 5.74) is 0.896. The number of rotatable bonds is 12. The average molecular weight is 283 g/mol. The van der Waals surface area contributed by atoms with Crippen LogP contribution in [-0.4, -0.2) is 50.1 Å². The fraction of sp³-hybridized carbons (Fsp3) is 0.714. The predicted molar refractivity (Wildman–Crippen MR) is 76.8 cm³/mol. The van der Waals surface area contributed by atoms with Crippen LogP contribution in [0.5, 0.6) is 5.88 Å². The maximum atomic E-state index is 5.55. The maximum absolute atomic E-state index is 5.55. The first-order chi connectivity index (χ1) is 9.86. The molecule has 0 spiro atoms. The van der Waals surface area contributed by atoms with Crippen molar-refractivity contribution < 1.29 is 14.2 Å². The summed E-state index contributed by atoms with van der Waals surface area (Å²) in [6.45, 7) is 6.31. The van der Waals surface area contributed by atoms with Crippen molar-refractivity contribution in [2.45, 2.75) is 26.3 Å². The lowest BCUT2D eigenvalue weighted by Crippen LogP contribution is -2.15. The molecule has 1 aromatic rings. The Morgan fingerprint density at radius 2 is 2.05 bits per heavy atom. The SMILES string of the molecule is CCCNCc1cncc(OCCCOCCOC)n1. The maximum Gasteiger partial charge on any atom is 0.232 e. The first-order valence-electron chi connectivity index (χ1n) is 7.08. The molecule has 0 radical (unpaired) electrons. The van der Waals surface area contributed by atoms with E-state index in [-0.39, 0.29) is 0 Å². The Bertz CT molecular complexity index is 350. The summed E-state index contributed by atoms with van der Waals surface area (Å²) in [6, 6.07) is 0. The third kappa shape index (κ3) is 8.04. The summed E-state index contributed by atoms with van der Waals surface area (Å²) in [5, 5.41) is 3.28. The first-order valence-corrected chi connectivity index (χ1v) is 7.08. The molecule has 6 heteroatoms. The molecule has 20 heavy (non-hydrogen) atoms. The minimum absolute atomic E-state index is 0.567. The second-order valence-electron chi connectivity index (χ2n) is 4.33. The lowest BCUT2D eigenvalue weighted by Gasteiger charge is -2.07. The van der Waals surface area contributed by atoms with E-state index in [2.05, 4.69) is 22.2 Å². The van der Waals surface area contributed by atoms with Gasteiger partial charge < -0.3 is 19.5 Å². The van der Waals surface area contributed by atoms with Crippen molar-refractivity contribution in [3.63, 3.8) is 0 Å². The molecule has 0 aliphatic carbocycles. The molecule has 0 amide bonds. The van der Waals surface area contributed by atoms with Crippen molar-refractivity contribution >= 4 is 0 Å². The van der Waals surface area contributed by atoms with Gasteiger partial charge in [-0.05, 0) is 13.0 Å². The zero-order valence-corrected chi connectivity index (χ0v) is 12.4. The van der Waals surface area contributed by atoms with Crippen LogP contribution >= 0.6 is 0 Å². The van der Waals surface area contributed by atoms with Crippen molar-refractivity contribution in [3.8, 4) is 5.88 Å². The summed E-state index contributed by atoms with van der Waals surface area (Å²) < 4.78 is 15.8. The summed E-state index contributed by atoms with van der Waals surface area (Å²) in [6.07, 6.45) is 5.31. The van der Waals surface area contributed by atoms with Gasteiger partial charge in [0, 0.05) is 32.9 Å². The summed E-state index contributed by atoms with van der Waals surface area (Å²) in [7, 11) is 1.66. The highest BCUT2D eigenvalue weighted by molar-refractivity contribution is 5.08. The average Bonchev–Trinajstić information content (AvgIpc) is 2.47. The molecule has 1 aromatic heterocycles. The minimum atomic E-state index is 0.567. The van der Waals surface area contributed by atoms with E-state index < -0.39 is 0 Å². The Balaban J connectivity index is 2.14. The van der Waals surface area contributed by atoms with Crippen LogP contribution in [0.15, 0.2) is 12.4 Å². The molecular weight excluding hydrogens is 258 g/mol. The van der Waals surface area contributed by atoms with Crippen molar-refractivity contribution in [2.75, 3.05) is 40.1 Å². The van der Waals surface area contributed by atoms with E-state index in [9.17, 15) is 0 Å². The van der Waals surface area contributed by atoms with Crippen molar-refractivity contribution in [2.24, 2.45) is 0 Å². The van der Waals surface area contributed by atoms with E-state index >= 15 is 0 Å². The van der Waals surface area contributed by atoms with Crippen molar-refractivity contribution in [1.82, 2.24) is 15.3 Å². The molecule has 0 aliphatic rings. The molecule has 114 valence electrons. The molecule has 0 aromatic carbocycles. The van der Waals surface area contributed by atoms with E-state index in [0.717, 1.165) is 31.6 Å². The van der Waals surface area contributed by atoms with Gasteiger partial charge in [-0.1, -0.05) is 6.92 Å². The molecule has 0 bridgehead atoms. The highest BCUT2D eigenvalue weighted by Crippen LogP contribution is 2.05. The molecular formula is C14H25N3O3. The van der Waals surface area contributed by atoms with E-state index in [1.54, 1.807) is 19.5 Å². The lowest BCUT2D eigenvalue weighted by molar-refractivity contribution is 0.0641. The number of nitrogens with zero attached hydrogens (tertiary/aromatic N) is 2. The number of aromatic nitrogens is 2. The van der Waals surface area contributed by atoms with Crippen molar-refractivity contribution in [3.05, 3.63) is 18.1 Å². The number of hydrogen-bond donors (Lipinski definition) is 1. The number of methoxy groups -OCH3 is 1. The molecule has 1 rings (SSSR count). The van der Waals surface area contributed by atoms with Crippen LogP contribution in [0.4, 0.5) is 0 Å². The summed E-state index contributed by atoms with van der Waals surface area (Å²) in [5.74, 6) is 0.567. The zero-order valence-electron chi connectivity index (χ0n) is 12.4. The van der Waals surface area contributed by atoms with Crippen molar-refractivity contribution in [1.29, 1.82) is 0 Å². The van der Waals surface area contributed by atoms with E-state index in [0.29, 0.717) is 32.3 Å². The smallest absolute Gasteiger partial charge is 0.232 e. The second-order valence-corrected chi connectivity index (χ2v) is 4.33. The fourth-order valence-electron chi connectivity index (χ4n) is 1.52. The molecule has 6 nitrogen and oxygen atoms in total. The van der Waals surface area contributed by atoms with Crippen LogP contribution in [-0.2, 0) is 16.0 Å². The van der Waals surface area contributed by atoms with Crippen LogP contribution < -0.4 is 10.1 Å². The molecule has 0 saturated carbocycles. The quantitative estimate of drug-likeness (QED) is 0.585. The second kappa shape index (κ2) is 11.6. The Labute approximate surface area is 120 Å². The van der Waals surface area contributed by atoms with Gasteiger partial charge in [0.15, 0.2) is 0 Å². The number of ether oxygens (including phenoxy) is 3. The van der Waals surface area contributed by atoms with Gasteiger partial charge in [0.2, 0.25) is 5.88 Å². The summed E-state index contributed by atoms with van der Waals surface area (Å²) in [4.78, 5) is 8.51. The topological polar surface area (TPSA) is 65.5 Å². The fourth-order valence-corrected chi connectivity index (χ4v) is 1.52. The van der Waals surface area contributed by atoms with Gasteiger partial charge in [-0.3, -0.25) is 4.98 Å². The standard InChI is InChI=1S/C14H25N3O3/c1-3-5-15-10-13-11-16-12-14(17-13)20-7-4-6-19-9-8-18-2/h11-12,15H,3-10H2,1-2H3. The van der Waals surface area contributed by atoms with Gasteiger partial charge >= 0.3 is 0 Å². The third-order valence-corrected chi connectivity index (χ3v) is 2.51. The van der Waals surface area contributed by atoms with E-state index in [1.807, 2.05) is 0 Å². The zero-order chi connectivity index (χ0) is 14.5. The van der Waals surface area contributed by atoms with Crippen LogP contribution in [0.2, 0.25) is 0 Å². The van der Waals surface area contributed by atoms with E-state index in [1.165, 1.54) is 0 Å². The molecule has 0 atom stereocenters. The molecule has 0 aliphatic heterocycles. The predicted octanol–water partition coefficient (Wildman–Crippen LogP) is 1.41. The Morgan fingerprint density at radius 1 is 1.15 bits per heavy atom. The Kier molecular flexibility index (Phi) is 9.73. The molecule has 1 N–H and O–H groups in total. The monoisotopic (exact) mass is 283 g/mol. The molecule has 0 fully saturated rings. The first kappa shape index (κ1) is 16.8. The van der Waals surface area contributed by atoms with Gasteiger partial charge in [-0.15, -0.1) is 0 Å². The van der Waals surface area contributed by atoms with Crippen LogP contribution in [0.1, 0.15) is 25.5 Å². The number of hydrogen-bond acceptors (Lipinski definition) is 6. The van der Waals surface area contributed by atoms with Crippen LogP contribution in [0.25, 0.3) is 0 Å². The van der Waals surface area contributed by atoms with Crippen LogP contribution in [0.3, 0.4) is 0 Å². The van der Waals surface area contributed by atoms with Gasteiger partial charge in [-0.25, -0.2) is 4.98 Å². The van der Waals surface area contributed by atoms with Gasteiger partial charge in [-0.2, -0.15) is 0 Å². The van der Waals surface area contributed by atoms with Crippen LogP contribution in [0, 0.1) is 0 Å². The lowest BCUT2D eigenvalue weighted by atomic mass is 10.4. The van der Waals surface area contributed by atoms with Gasteiger partial charge in [0.1, 0.15) is 0 Å². The largest absolute Gasteiger partial charge is 0.476 e. The highest BCUT2D eigenvalue weighted by Gasteiger charge is 2.00. The number of nitrogens with one attached hydrogen (secondary N) is 1. The van der Waals surface area contributed by atoms with E-state index in [4.69, 9.17) is 14.2 Å². The molecule has 1 heterocycles. The third-order valence-electron chi connectivity index (χ3n) is 2.51. The summed E-state index contributed by atoms with van der Waals surface area (Å²) >= 11 is 0. The Hall–Kier alpha value is -1.24. The van der Waals surface area contributed by atoms with Gasteiger partial charge in [0.05, 0.1) is 31.7 Å². The molecule has 0 saturated heterocycles. The normalized spacial score (nSPS) is 10.7. The molecule has 0 unspecified atom stereocenters. The highest BCUT2D eigenvalue weighted by atomic mass is 16.5. The minimum Gasteiger partial charge on any atom is -0.476 e. The Morgan fingerprint density at radius 3 is 2.85 bits per heavy atom. The van der Waals surface area contributed by atoms with Gasteiger partial charge in [0.25, 0.3) is 0 Å².